The topological polar surface area (TPSA) is 60.5 Å². The van der Waals surface area contributed by atoms with Crippen LogP contribution in [0.15, 0.2) is 48.5 Å². The second-order valence-electron chi connectivity index (χ2n) is 5.66. The minimum absolute atomic E-state index is 0.147. The largest absolute Gasteiger partial charge is 0.493 e. The first kappa shape index (κ1) is 16.8. The van der Waals surface area contributed by atoms with Crippen LogP contribution in [0.4, 0.5) is 0 Å². The molecule has 1 heterocycles. The summed E-state index contributed by atoms with van der Waals surface area (Å²) >= 11 is 0. The zero-order valence-electron chi connectivity index (χ0n) is 14.5. The highest BCUT2D eigenvalue weighted by molar-refractivity contribution is 6.06. The van der Waals surface area contributed by atoms with E-state index < -0.39 is 0 Å². The van der Waals surface area contributed by atoms with Gasteiger partial charge in [-0.1, -0.05) is 30.3 Å². The number of hydrogen-bond acceptors (Lipinski definition) is 4. The van der Waals surface area contributed by atoms with Crippen LogP contribution in [0.25, 0.3) is 10.9 Å². The Labute approximate surface area is 146 Å². The minimum atomic E-state index is -0.147. The molecule has 25 heavy (non-hydrogen) atoms. The molecule has 1 amide bonds. The molecule has 128 valence electrons. The van der Waals surface area contributed by atoms with Crippen molar-refractivity contribution in [2.75, 3.05) is 14.2 Å². The number of fused-ring (bicyclic) bond motifs is 1. The Morgan fingerprint density at radius 3 is 2.64 bits per heavy atom. The van der Waals surface area contributed by atoms with Crippen LogP contribution in [0.3, 0.4) is 0 Å². The molecule has 2 aromatic carbocycles. The number of para-hydroxylation sites is 2. The Morgan fingerprint density at radius 2 is 1.88 bits per heavy atom. The fourth-order valence-electron chi connectivity index (χ4n) is 2.86. The number of amides is 1. The fourth-order valence-corrected chi connectivity index (χ4v) is 2.86. The molecule has 0 spiro atoms. The van der Waals surface area contributed by atoms with Gasteiger partial charge in [-0.05, 0) is 25.1 Å². The summed E-state index contributed by atoms with van der Waals surface area (Å²) in [6.07, 6.45) is 0. The molecule has 0 aliphatic rings. The Bertz CT molecular complexity index is 922. The molecule has 3 aromatic rings. The molecule has 0 atom stereocenters. The van der Waals surface area contributed by atoms with Gasteiger partial charge >= 0.3 is 0 Å². The van der Waals surface area contributed by atoms with E-state index in [1.807, 2.05) is 49.4 Å². The van der Waals surface area contributed by atoms with Gasteiger partial charge in [-0.3, -0.25) is 9.78 Å². The first-order valence-corrected chi connectivity index (χ1v) is 7.98. The van der Waals surface area contributed by atoms with Gasteiger partial charge in [0.1, 0.15) is 0 Å². The van der Waals surface area contributed by atoms with Crippen molar-refractivity contribution < 1.29 is 14.3 Å². The molecule has 0 radical (unpaired) electrons. The average Bonchev–Trinajstić information content (AvgIpc) is 2.64. The lowest BCUT2D eigenvalue weighted by atomic mass is 10.1. The summed E-state index contributed by atoms with van der Waals surface area (Å²) in [6.45, 7) is 2.23. The Kier molecular flexibility index (Phi) is 4.84. The summed E-state index contributed by atoms with van der Waals surface area (Å²) in [5.74, 6) is 1.12. The number of ether oxygens (including phenoxy) is 2. The molecule has 5 heteroatoms. The molecule has 0 fully saturated rings. The highest BCUT2D eigenvalue weighted by atomic mass is 16.5. The number of nitrogens with zero attached hydrogens (tertiary/aromatic N) is 1. The van der Waals surface area contributed by atoms with Gasteiger partial charge in [-0.2, -0.15) is 0 Å². The van der Waals surface area contributed by atoms with Crippen LogP contribution >= 0.6 is 0 Å². The van der Waals surface area contributed by atoms with Crippen molar-refractivity contribution in [2.24, 2.45) is 0 Å². The molecule has 0 bridgehead atoms. The van der Waals surface area contributed by atoms with E-state index in [4.69, 9.17) is 9.47 Å². The number of methoxy groups -OCH3 is 2. The van der Waals surface area contributed by atoms with Crippen LogP contribution in [0, 0.1) is 6.92 Å². The van der Waals surface area contributed by atoms with E-state index in [-0.39, 0.29) is 5.91 Å². The van der Waals surface area contributed by atoms with Crippen molar-refractivity contribution >= 4 is 16.8 Å². The molecule has 0 unspecified atom stereocenters. The van der Waals surface area contributed by atoms with E-state index in [9.17, 15) is 4.79 Å². The summed E-state index contributed by atoms with van der Waals surface area (Å²) < 4.78 is 10.7. The number of nitrogens with one attached hydrogen (secondary N) is 1. The summed E-state index contributed by atoms with van der Waals surface area (Å²) in [5, 5.41) is 3.79. The molecule has 0 saturated carbocycles. The first-order chi connectivity index (χ1) is 12.1. The lowest BCUT2D eigenvalue weighted by molar-refractivity contribution is 0.0952. The SMILES string of the molecule is COc1cccc(CNC(=O)c2cc(C)nc3ccccc23)c1OC. The molecular formula is C20H20N2O3. The zero-order valence-corrected chi connectivity index (χ0v) is 14.5. The summed E-state index contributed by atoms with van der Waals surface area (Å²) in [4.78, 5) is 17.2. The van der Waals surface area contributed by atoms with Crippen LogP contribution in [-0.2, 0) is 6.54 Å². The number of rotatable bonds is 5. The van der Waals surface area contributed by atoms with Gasteiger partial charge < -0.3 is 14.8 Å². The Morgan fingerprint density at radius 1 is 1.08 bits per heavy atom. The maximum atomic E-state index is 12.7. The lowest BCUT2D eigenvalue weighted by Gasteiger charge is -2.14. The number of benzene rings is 2. The van der Waals surface area contributed by atoms with E-state index in [1.165, 1.54) is 0 Å². The third-order valence-electron chi connectivity index (χ3n) is 4.01. The van der Waals surface area contributed by atoms with Crippen molar-refractivity contribution in [1.29, 1.82) is 0 Å². The van der Waals surface area contributed by atoms with Gasteiger partial charge in [0.2, 0.25) is 0 Å². The maximum Gasteiger partial charge on any atom is 0.252 e. The number of carbonyl (C=O) groups is 1. The number of aryl methyl sites for hydroxylation is 1. The number of hydrogen-bond donors (Lipinski definition) is 1. The third kappa shape index (κ3) is 3.40. The number of pyridine rings is 1. The van der Waals surface area contributed by atoms with E-state index in [2.05, 4.69) is 10.3 Å². The summed E-state index contributed by atoms with van der Waals surface area (Å²) in [7, 11) is 3.18. The van der Waals surface area contributed by atoms with Gasteiger partial charge in [0.15, 0.2) is 11.5 Å². The predicted octanol–water partition coefficient (Wildman–Crippen LogP) is 3.49. The van der Waals surface area contributed by atoms with Gasteiger partial charge in [0.05, 0.1) is 25.3 Å². The Balaban J connectivity index is 1.87. The summed E-state index contributed by atoms with van der Waals surface area (Å²) in [6, 6.07) is 15.0. The third-order valence-corrected chi connectivity index (χ3v) is 4.01. The van der Waals surface area contributed by atoms with Crippen molar-refractivity contribution in [2.45, 2.75) is 13.5 Å². The second kappa shape index (κ2) is 7.21. The highest BCUT2D eigenvalue weighted by Crippen LogP contribution is 2.30. The van der Waals surface area contributed by atoms with Crippen LogP contribution in [0.2, 0.25) is 0 Å². The minimum Gasteiger partial charge on any atom is -0.493 e. The van der Waals surface area contributed by atoms with E-state index in [1.54, 1.807) is 20.3 Å². The van der Waals surface area contributed by atoms with E-state index in [0.29, 0.717) is 23.6 Å². The van der Waals surface area contributed by atoms with Gasteiger partial charge in [0.25, 0.3) is 5.91 Å². The number of aromatic nitrogens is 1. The molecule has 3 rings (SSSR count). The van der Waals surface area contributed by atoms with Crippen molar-refractivity contribution in [3.05, 3.63) is 65.4 Å². The molecular weight excluding hydrogens is 316 g/mol. The zero-order chi connectivity index (χ0) is 17.8. The first-order valence-electron chi connectivity index (χ1n) is 7.98. The quantitative estimate of drug-likeness (QED) is 0.775. The highest BCUT2D eigenvalue weighted by Gasteiger charge is 2.14. The van der Waals surface area contributed by atoms with Crippen molar-refractivity contribution in [3.63, 3.8) is 0 Å². The van der Waals surface area contributed by atoms with Gasteiger partial charge in [-0.15, -0.1) is 0 Å². The van der Waals surface area contributed by atoms with Gasteiger partial charge in [-0.25, -0.2) is 0 Å². The molecule has 0 aliphatic heterocycles. The van der Waals surface area contributed by atoms with Gasteiger partial charge in [0, 0.05) is 23.2 Å². The standard InChI is InChI=1S/C20H20N2O3/c1-13-11-16(15-8-4-5-9-17(15)22-13)20(23)21-12-14-7-6-10-18(24-2)19(14)25-3/h4-11H,12H2,1-3H3,(H,21,23). The van der Waals surface area contributed by atoms with Crippen molar-refractivity contribution in [1.82, 2.24) is 10.3 Å². The maximum absolute atomic E-state index is 12.7. The van der Waals surface area contributed by atoms with Crippen LogP contribution in [-0.4, -0.2) is 25.1 Å². The Hall–Kier alpha value is -3.08. The smallest absolute Gasteiger partial charge is 0.252 e. The molecule has 1 N–H and O–H groups in total. The predicted molar refractivity (Wildman–Crippen MR) is 97.2 cm³/mol. The summed E-state index contributed by atoms with van der Waals surface area (Å²) in [5.41, 5.74) is 3.09. The van der Waals surface area contributed by atoms with Crippen LogP contribution in [0.5, 0.6) is 11.5 Å². The molecule has 0 aliphatic carbocycles. The van der Waals surface area contributed by atoms with Crippen molar-refractivity contribution in [3.8, 4) is 11.5 Å². The molecule has 0 saturated heterocycles. The van der Waals surface area contributed by atoms with E-state index in [0.717, 1.165) is 22.2 Å². The number of carbonyl (C=O) groups excluding carboxylic acids is 1. The molecule has 1 aromatic heterocycles. The second-order valence-corrected chi connectivity index (χ2v) is 5.66. The fraction of sp³-hybridized carbons (Fsp3) is 0.200. The van der Waals surface area contributed by atoms with Crippen LogP contribution in [0.1, 0.15) is 21.6 Å². The lowest BCUT2D eigenvalue weighted by Crippen LogP contribution is -2.23. The van der Waals surface area contributed by atoms with Crippen LogP contribution < -0.4 is 14.8 Å². The normalized spacial score (nSPS) is 10.5. The monoisotopic (exact) mass is 336 g/mol. The average molecular weight is 336 g/mol. The van der Waals surface area contributed by atoms with E-state index >= 15 is 0 Å². The molecule has 5 nitrogen and oxygen atoms in total.